The highest BCUT2D eigenvalue weighted by Gasteiger charge is 2.26. The highest BCUT2D eigenvalue weighted by Crippen LogP contribution is 2.29. The molecule has 0 radical (unpaired) electrons. The summed E-state index contributed by atoms with van der Waals surface area (Å²) in [4.78, 5) is 2.65. The molecule has 1 fully saturated rings. The first kappa shape index (κ1) is 12.0. The molecule has 0 bridgehead atoms. The van der Waals surface area contributed by atoms with Crippen molar-refractivity contribution < 1.29 is 0 Å². The minimum Gasteiger partial charge on any atom is -0.385 e. The Kier molecular flexibility index (Phi) is 3.29. The number of benzene rings is 1. The van der Waals surface area contributed by atoms with Gasteiger partial charge in [0.1, 0.15) is 0 Å². The molecule has 2 heteroatoms. The quantitative estimate of drug-likeness (QED) is 0.859. The van der Waals surface area contributed by atoms with Gasteiger partial charge in [0, 0.05) is 31.4 Å². The Morgan fingerprint density at radius 1 is 1.33 bits per heavy atom. The molecule has 1 aromatic carbocycles. The predicted octanol–water partition coefficient (Wildman–Crippen LogP) is 3.28. The molecule has 2 unspecified atom stereocenters. The van der Waals surface area contributed by atoms with Crippen molar-refractivity contribution in [3.05, 3.63) is 29.3 Å². The number of anilines is 1. The van der Waals surface area contributed by atoms with Crippen molar-refractivity contribution in [2.24, 2.45) is 5.92 Å². The van der Waals surface area contributed by atoms with Gasteiger partial charge in [0.25, 0.3) is 0 Å². The van der Waals surface area contributed by atoms with Gasteiger partial charge in [-0.05, 0) is 49.3 Å². The molecule has 98 valence electrons. The van der Waals surface area contributed by atoms with E-state index in [2.05, 4.69) is 42.3 Å². The third kappa shape index (κ3) is 2.26. The van der Waals surface area contributed by atoms with Gasteiger partial charge >= 0.3 is 0 Å². The summed E-state index contributed by atoms with van der Waals surface area (Å²) < 4.78 is 0. The Morgan fingerprint density at radius 3 is 3.00 bits per heavy atom. The first-order valence-corrected chi connectivity index (χ1v) is 7.32. The highest BCUT2D eigenvalue weighted by atomic mass is 15.2. The lowest BCUT2D eigenvalue weighted by Gasteiger charge is -2.26. The fraction of sp³-hybridized carbons (Fsp3) is 0.625. The van der Waals surface area contributed by atoms with Crippen LogP contribution in [0.2, 0.25) is 0 Å². The minimum atomic E-state index is 0.743. The van der Waals surface area contributed by atoms with Crippen molar-refractivity contribution in [3.8, 4) is 0 Å². The van der Waals surface area contributed by atoms with Crippen LogP contribution in [0.5, 0.6) is 0 Å². The van der Waals surface area contributed by atoms with Crippen LogP contribution in [-0.4, -0.2) is 24.0 Å². The number of fused-ring (bicyclic) bond motifs is 1. The van der Waals surface area contributed by atoms with Crippen LogP contribution in [0.4, 0.5) is 5.69 Å². The van der Waals surface area contributed by atoms with Crippen molar-refractivity contribution in [3.63, 3.8) is 0 Å². The number of hydrogen-bond donors (Lipinski definition) is 1. The van der Waals surface area contributed by atoms with Crippen molar-refractivity contribution in [2.45, 2.75) is 45.7 Å². The van der Waals surface area contributed by atoms with Crippen LogP contribution in [0.15, 0.2) is 18.2 Å². The minimum absolute atomic E-state index is 0.743. The summed E-state index contributed by atoms with van der Waals surface area (Å²) in [7, 11) is 0. The van der Waals surface area contributed by atoms with E-state index in [-0.39, 0.29) is 0 Å². The molecule has 0 aliphatic carbocycles. The smallest absolute Gasteiger partial charge is 0.0375 e. The molecule has 1 N–H and O–H groups in total. The van der Waals surface area contributed by atoms with E-state index >= 15 is 0 Å². The third-order valence-electron chi connectivity index (χ3n) is 4.48. The van der Waals surface area contributed by atoms with Crippen molar-refractivity contribution in [1.82, 2.24) is 4.90 Å². The Bertz CT molecular complexity index is 427. The molecule has 0 amide bonds. The van der Waals surface area contributed by atoms with E-state index in [0.717, 1.165) is 25.0 Å². The van der Waals surface area contributed by atoms with Gasteiger partial charge < -0.3 is 5.32 Å². The van der Waals surface area contributed by atoms with Gasteiger partial charge in [-0.1, -0.05) is 19.1 Å². The second-order valence-corrected chi connectivity index (χ2v) is 6.09. The van der Waals surface area contributed by atoms with Gasteiger partial charge in [-0.15, -0.1) is 0 Å². The predicted molar refractivity (Wildman–Crippen MR) is 76.9 cm³/mol. The topological polar surface area (TPSA) is 15.3 Å². The number of likely N-dealkylation sites (tertiary alicyclic amines) is 1. The van der Waals surface area contributed by atoms with Gasteiger partial charge in [-0.2, -0.15) is 0 Å². The standard InChI is InChI=1S/C16H24N2/c1-12-9-13(2)18(10-12)11-14-5-3-7-16-15(14)6-4-8-17-16/h3,5,7,12-13,17H,4,6,8-11H2,1-2H3. The number of nitrogens with one attached hydrogen (secondary N) is 1. The lowest BCUT2D eigenvalue weighted by atomic mass is 9.97. The van der Waals surface area contributed by atoms with Crippen LogP contribution in [0, 0.1) is 5.92 Å². The summed E-state index contributed by atoms with van der Waals surface area (Å²) >= 11 is 0. The highest BCUT2D eigenvalue weighted by molar-refractivity contribution is 5.56. The van der Waals surface area contributed by atoms with Gasteiger partial charge in [0.2, 0.25) is 0 Å². The fourth-order valence-electron chi connectivity index (χ4n) is 3.56. The summed E-state index contributed by atoms with van der Waals surface area (Å²) in [5.41, 5.74) is 4.48. The van der Waals surface area contributed by atoms with Crippen molar-refractivity contribution >= 4 is 5.69 Å². The van der Waals surface area contributed by atoms with E-state index in [1.54, 1.807) is 11.1 Å². The number of hydrogen-bond acceptors (Lipinski definition) is 2. The number of nitrogens with zero attached hydrogens (tertiary/aromatic N) is 1. The first-order chi connectivity index (χ1) is 8.74. The second-order valence-electron chi connectivity index (χ2n) is 6.09. The SMILES string of the molecule is CC1CC(C)N(Cc2cccc3c2CCCN3)C1. The molecule has 2 atom stereocenters. The van der Waals surface area contributed by atoms with Crippen LogP contribution in [0.25, 0.3) is 0 Å². The maximum atomic E-state index is 3.53. The van der Waals surface area contributed by atoms with Gasteiger partial charge in [-0.25, -0.2) is 0 Å². The van der Waals surface area contributed by atoms with E-state index in [0.29, 0.717) is 0 Å². The molecule has 2 nitrogen and oxygen atoms in total. The summed E-state index contributed by atoms with van der Waals surface area (Å²) in [6, 6.07) is 7.50. The normalized spacial score (nSPS) is 27.9. The lowest BCUT2D eigenvalue weighted by Crippen LogP contribution is -2.27. The second kappa shape index (κ2) is 4.93. The monoisotopic (exact) mass is 244 g/mol. The maximum absolute atomic E-state index is 3.53. The molecule has 2 heterocycles. The van der Waals surface area contributed by atoms with Crippen molar-refractivity contribution in [2.75, 3.05) is 18.4 Å². The molecule has 1 saturated heterocycles. The summed E-state index contributed by atoms with van der Waals surface area (Å²) in [6.07, 6.45) is 3.87. The van der Waals surface area contributed by atoms with E-state index in [9.17, 15) is 0 Å². The van der Waals surface area contributed by atoms with Crippen LogP contribution in [0.1, 0.15) is 37.8 Å². The molecule has 0 spiro atoms. The zero-order valence-electron chi connectivity index (χ0n) is 11.6. The zero-order chi connectivity index (χ0) is 12.5. The van der Waals surface area contributed by atoms with E-state index in [1.165, 1.54) is 31.5 Å². The Labute approximate surface area is 110 Å². The van der Waals surface area contributed by atoms with Crippen molar-refractivity contribution in [1.29, 1.82) is 0 Å². The summed E-state index contributed by atoms with van der Waals surface area (Å²) in [6.45, 7) is 8.28. The average molecular weight is 244 g/mol. The maximum Gasteiger partial charge on any atom is 0.0375 e. The Morgan fingerprint density at radius 2 is 2.22 bits per heavy atom. The van der Waals surface area contributed by atoms with Crippen LogP contribution < -0.4 is 5.32 Å². The van der Waals surface area contributed by atoms with E-state index < -0.39 is 0 Å². The summed E-state index contributed by atoms with van der Waals surface area (Å²) in [5.74, 6) is 0.859. The molecule has 2 aliphatic rings. The molecule has 1 aromatic rings. The van der Waals surface area contributed by atoms with E-state index in [1.807, 2.05) is 0 Å². The van der Waals surface area contributed by atoms with Gasteiger partial charge in [-0.3, -0.25) is 4.90 Å². The van der Waals surface area contributed by atoms with Crippen LogP contribution in [0.3, 0.4) is 0 Å². The Balaban J connectivity index is 1.80. The summed E-state index contributed by atoms with van der Waals surface area (Å²) in [5, 5.41) is 3.53. The van der Waals surface area contributed by atoms with Gasteiger partial charge in [0.15, 0.2) is 0 Å². The van der Waals surface area contributed by atoms with Crippen LogP contribution in [-0.2, 0) is 13.0 Å². The molecular formula is C16H24N2. The van der Waals surface area contributed by atoms with E-state index in [4.69, 9.17) is 0 Å². The fourth-order valence-corrected chi connectivity index (χ4v) is 3.56. The zero-order valence-corrected chi connectivity index (χ0v) is 11.6. The first-order valence-electron chi connectivity index (χ1n) is 7.32. The molecule has 0 saturated carbocycles. The largest absolute Gasteiger partial charge is 0.385 e. The third-order valence-corrected chi connectivity index (χ3v) is 4.48. The lowest BCUT2D eigenvalue weighted by molar-refractivity contribution is 0.256. The molecule has 2 aliphatic heterocycles. The average Bonchev–Trinajstić information content (AvgIpc) is 2.68. The Hall–Kier alpha value is -1.02. The molecule has 18 heavy (non-hydrogen) atoms. The van der Waals surface area contributed by atoms with Crippen LogP contribution >= 0.6 is 0 Å². The number of rotatable bonds is 2. The molecule has 0 aromatic heterocycles. The van der Waals surface area contributed by atoms with Gasteiger partial charge in [0.05, 0.1) is 0 Å². The molecule has 3 rings (SSSR count). The molecular weight excluding hydrogens is 220 g/mol.